The first-order chi connectivity index (χ1) is 9.28. The number of carbonyl (C=O) groups excluding carboxylic acids is 1. The zero-order valence-corrected chi connectivity index (χ0v) is 12.8. The van der Waals surface area contributed by atoms with Crippen LogP contribution in [0.25, 0.3) is 0 Å². The number of carbonyl (C=O) groups is 2. The van der Waals surface area contributed by atoms with Crippen molar-refractivity contribution in [2.45, 2.75) is 38.3 Å². The normalized spacial score (nSPS) is 17.4. The molecular weight excluding hydrogens is 329 g/mol. The quantitative estimate of drug-likeness (QED) is 0.914. The molecule has 1 atom stereocenters. The van der Waals surface area contributed by atoms with E-state index in [1.54, 1.807) is 0 Å². The van der Waals surface area contributed by atoms with Crippen LogP contribution in [0.1, 0.15) is 32.3 Å². The SMILES string of the molecule is CC(=O)N(C1CC1)C(C)(C(=O)O)c1ccc(F)cc1Br. The first-order valence-electron chi connectivity index (χ1n) is 6.27. The van der Waals surface area contributed by atoms with Gasteiger partial charge >= 0.3 is 5.97 Å². The first-order valence-corrected chi connectivity index (χ1v) is 7.06. The summed E-state index contributed by atoms with van der Waals surface area (Å²) in [6.07, 6.45) is 1.59. The molecule has 0 bridgehead atoms. The highest BCUT2D eigenvalue weighted by Gasteiger charge is 2.50. The fourth-order valence-electron chi connectivity index (χ4n) is 2.50. The second-order valence-corrected chi connectivity index (χ2v) is 5.98. The Morgan fingerprint density at radius 3 is 2.45 bits per heavy atom. The molecule has 1 aromatic carbocycles. The molecule has 6 heteroatoms. The van der Waals surface area contributed by atoms with E-state index in [1.807, 2.05) is 0 Å². The van der Waals surface area contributed by atoms with Gasteiger partial charge in [-0.1, -0.05) is 22.0 Å². The molecule has 0 aliphatic heterocycles. The molecule has 108 valence electrons. The average Bonchev–Trinajstić information content (AvgIpc) is 3.12. The van der Waals surface area contributed by atoms with E-state index in [0.29, 0.717) is 10.0 Å². The van der Waals surface area contributed by atoms with Crippen LogP contribution in [-0.2, 0) is 15.1 Å². The second kappa shape index (κ2) is 5.16. The minimum Gasteiger partial charge on any atom is -0.479 e. The topological polar surface area (TPSA) is 57.6 Å². The van der Waals surface area contributed by atoms with Gasteiger partial charge < -0.3 is 10.0 Å². The molecule has 1 aliphatic carbocycles. The molecule has 0 spiro atoms. The van der Waals surface area contributed by atoms with E-state index in [9.17, 15) is 19.1 Å². The number of aliphatic carboxylic acids is 1. The number of hydrogen-bond acceptors (Lipinski definition) is 2. The summed E-state index contributed by atoms with van der Waals surface area (Å²) in [6.45, 7) is 2.84. The van der Waals surface area contributed by atoms with Crippen LogP contribution >= 0.6 is 15.9 Å². The van der Waals surface area contributed by atoms with Crippen LogP contribution in [-0.4, -0.2) is 27.9 Å². The van der Waals surface area contributed by atoms with Gasteiger partial charge in [-0.2, -0.15) is 0 Å². The third-order valence-corrected chi connectivity index (χ3v) is 4.26. The molecule has 20 heavy (non-hydrogen) atoms. The van der Waals surface area contributed by atoms with Gasteiger partial charge in [-0.25, -0.2) is 9.18 Å². The zero-order valence-electron chi connectivity index (χ0n) is 11.2. The Bertz CT molecular complexity index is 574. The number of carboxylic acid groups (broad SMARTS) is 1. The largest absolute Gasteiger partial charge is 0.479 e. The van der Waals surface area contributed by atoms with Crippen molar-refractivity contribution in [1.29, 1.82) is 0 Å². The van der Waals surface area contributed by atoms with E-state index >= 15 is 0 Å². The molecule has 0 heterocycles. The predicted octanol–water partition coefficient (Wildman–Crippen LogP) is 2.90. The average molecular weight is 344 g/mol. The van der Waals surface area contributed by atoms with Gasteiger partial charge in [0.15, 0.2) is 5.54 Å². The van der Waals surface area contributed by atoms with Gasteiger partial charge in [0.25, 0.3) is 0 Å². The lowest BCUT2D eigenvalue weighted by molar-refractivity contribution is -0.159. The number of amides is 1. The zero-order chi connectivity index (χ0) is 15.1. The van der Waals surface area contributed by atoms with Crippen LogP contribution in [0.2, 0.25) is 0 Å². The summed E-state index contributed by atoms with van der Waals surface area (Å²) in [5.41, 5.74) is -1.15. The van der Waals surface area contributed by atoms with E-state index in [-0.39, 0.29) is 11.9 Å². The van der Waals surface area contributed by atoms with E-state index in [0.717, 1.165) is 12.8 Å². The molecular formula is C14H15BrFNO3. The van der Waals surface area contributed by atoms with Crippen molar-refractivity contribution in [2.75, 3.05) is 0 Å². The van der Waals surface area contributed by atoms with Gasteiger partial charge in [-0.3, -0.25) is 4.79 Å². The Labute approximate surface area is 124 Å². The molecule has 0 saturated heterocycles. The number of rotatable bonds is 4. The lowest BCUT2D eigenvalue weighted by Gasteiger charge is -2.38. The van der Waals surface area contributed by atoms with Gasteiger partial charge in [-0.05, 0) is 31.9 Å². The van der Waals surface area contributed by atoms with Crippen LogP contribution in [0.4, 0.5) is 4.39 Å². The summed E-state index contributed by atoms with van der Waals surface area (Å²) in [5.74, 6) is -1.89. The number of carboxylic acids is 1. The molecule has 0 aromatic heterocycles. The fourth-order valence-corrected chi connectivity index (χ4v) is 3.24. The van der Waals surface area contributed by atoms with Crippen molar-refractivity contribution >= 4 is 27.8 Å². The minimum atomic E-state index is -1.51. The maximum absolute atomic E-state index is 13.2. The van der Waals surface area contributed by atoms with Crippen molar-refractivity contribution in [3.05, 3.63) is 34.1 Å². The molecule has 1 aromatic rings. The molecule has 1 fully saturated rings. The lowest BCUT2D eigenvalue weighted by atomic mass is 9.89. The van der Waals surface area contributed by atoms with Crippen LogP contribution in [0.5, 0.6) is 0 Å². The Hall–Kier alpha value is -1.43. The first kappa shape index (κ1) is 15.0. The number of nitrogens with zero attached hydrogens (tertiary/aromatic N) is 1. The molecule has 1 amide bonds. The highest BCUT2D eigenvalue weighted by Crippen LogP contribution is 2.41. The summed E-state index contributed by atoms with van der Waals surface area (Å²) in [7, 11) is 0. The van der Waals surface area contributed by atoms with Crippen molar-refractivity contribution in [2.24, 2.45) is 0 Å². The maximum Gasteiger partial charge on any atom is 0.334 e. The fraction of sp³-hybridized carbons (Fsp3) is 0.429. The van der Waals surface area contributed by atoms with Crippen molar-refractivity contribution < 1.29 is 19.1 Å². The van der Waals surface area contributed by atoms with Crippen molar-refractivity contribution in [1.82, 2.24) is 4.90 Å². The van der Waals surface area contributed by atoms with Gasteiger partial charge in [-0.15, -0.1) is 0 Å². The van der Waals surface area contributed by atoms with Crippen LogP contribution in [0.15, 0.2) is 22.7 Å². The molecule has 1 N–H and O–H groups in total. The van der Waals surface area contributed by atoms with Gasteiger partial charge in [0.2, 0.25) is 5.91 Å². The summed E-state index contributed by atoms with van der Waals surface area (Å²) in [6, 6.07) is 3.76. The second-order valence-electron chi connectivity index (χ2n) is 5.12. The number of benzene rings is 1. The van der Waals surface area contributed by atoms with Gasteiger partial charge in [0, 0.05) is 23.0 Å². The Balaban J connectivity index is 2.58. The van der Waals surface area contributed by atoms with E-state index in [2.05, 4.69) is 15.9 Å². The summed E-state index contributed by atoms with van der Waals surface area (Å²) < 4.78 is 13.6. The number of halogens is 2. The van der Waals surface area contributed by atoms with Crippen molar-refractivity contribution in [3.8, 4) is 0 Å². The third-order valence-electron chi connectivity index (χ3n) is 3.61. The highest BCUT2D eigenvalue weighted by molar-refractivity contribution is 9.10. The molecule has 1 aliphatic rings. The van der Waals surface area contributed by atoms with E-state index in [4.69, 9.17) is 0 Å². The molecule has 0 radical (unpaired) electrons. The van der Waals surface area contributed by atoms with E-state index < -0.39 is 17.3 Å². The minimum absolute atomic E-state index is 0.0643. The molecule has 1 saturated carbocycles. The molecule has 4 nitrogen and oxygen atoms in total. The lowest BCUT2D eigenvalue weighted by Crippen LogP contribution is -2.53. The molecule has 2 rings (SSSR count). The van der Waals surface area contributed by atoms with Crippen LogP contribution in [0.3, 0.4) is 0 Å². The predicted molar refractivity (Wildman–Crippen MR) is 74.6 cm³/mol. The Morgan fingerprint density at radius 2 is 2.05 bits per heavy atom. The summed E-state index contributed by atoms with van der Waals surface area (Å²) in [4.78, 5) is 25.1. The van der Waals surface area contributed by atoms with E-state index in [1.165, 1.54) is 36.9 Å². The maximum atomic E-state index is 13.2. The molecule has 1 unspecified atom stereocenters. The summed E-state index contributed by atoms with van der Waals surface area (Å²) >= 11 is 3.20. The monoisotopic (exact) mass is 343 g/mol. The van der Waals surface area contributed by atoms with Crippen LogP contribution < -0.4 is 0 Å². The summed E-state index contributed by atoms with van der Waals surface area (Å²) in [5, 5.41) is 9.67. The van der Waals surface area contributed by atoms with Gasteiger partial charge in [0.1, 0.15) is 5.82 Å². The Kier molecular flexibility index (Phi) is 3.86. The third kappa shape index (κ3) is 2.44. The smallest absolute Gasteiger partial charge is 0.334 e. The number of hydrogen-bond donors (Lipinski definition) is 1. The van der Waals surface area contributed by atoms with Gasteiger partial charge in [0.05, 0.1) is 0 Å². The van der Waals surface area contributed by atoms with Crippen molar-refractivity contribution in [3.63, 3.8) is 0 Å². The highest BCUT2D eigenvalue weighted by atomic mass is 79.9. The standard InChI is InChI=1S/C14H15BrFNO3/c1-8(18)17(10-4-5-10)14(2,13(19)20)11-6-3-9(16)7-12(11)15/h3,6-7,10H,4-5H2,1-2H3,(H,19,20). The Morgan fingerprint density at radius 1 is 1.45 bits per heavy atom. The van der Waals surface area contributed by atoms with Crippen LogP contribution in [0, 0.1) is 5.82 Å².